The van der Waals surface area contributed by atoms with Crippen LogP contribution in [0.4, 0.5) is 0 Å². The average molecular weight is 668 g/mol. The lowest BCUT2D eigenvalue weighted by molar-refractivity contribution is -0.196. The molecule has 244 valence electrons. The van der Waals surface area contributed by atoms with Gasteiger partial charge in [0.25, 0.3) is 5.91 Å². The first kappa shape index (κ1) is 32.5. The molecular formula is C28H33N3O12S2. The molecule has 4 saturated heterocycles. The Labute approximate surface area is 263 Å². The summed E-state index contributed by atoms with van der Waals surface area (Å²) in [5.74, 6) is -3.95. The lowest BCUT2D eigenvalue weighted by Crippen LogP contribution is -2.71. The van der Waals surface area contributed by atoms with Crippen molar-refractivity contribution in [2.45, 2.75) is 85.7 Å². The van der Waals surface area contributed by atoms with E-state index >= 15 is 0 Å². The van der Waals surface area contributed by atoms with Crippen molar-refractivity contribution in [3.63, 3.8) is 0 Å². The Balaban J connectivity index is 1.21. The van der Waals surface area contributed by atoms with Gasteiger partial charge in [-0.2, -0.15) is 0 Å². The molecule has 4 fully saturated rings. The Hall–Kier alpha value is -3.86. The number of rotatable bonds is 10. The summed E-state index contributed by atoms with van der Waals surface area (Å²) < 4.78 is 44.6. The summed E-state index contributed by atoms with van der Waals surface area (Å²) in [6, 6.07) is 5.04. The van der Waals surface area contributed by atoms with Crippen molar-refractivity contribution in [3.05, 3.63) is 30.3 Å². The third kappa shape index (κ3) is 5.49. The molecule has 1 aromatic carbocycles. The quantitative estimate of drug-likeness (QED) is 0.195. The molecule has 0 bridgehead atoms. The zero-order valence-corrected chi connectivity index (χ0v) is 26.7. The van der Waals surface area contributed by atoms with E-state index in [1.54, 1.807) is 44.2 Å². The van der Waals surface area contributed by atoms with Gasteiger partial charge >= 0.3 is 17.9 Å². The van der Waals surface area contributed by atoms with Crippen LogP contribution in [0, 0.1) is 0 Å². The van der Waals surface area contributed by atoms with Crippen LogP contribution in [-0.4, -0.2) is 112 Å². The van der Waals surface area contributed by atoms with E-state index in [1.807, 2.05) is 0 Å². The van der Waals surface area contributed by atoms with Gasteiger partial charge in [-0.3, -0.25) is 19.2 Å². The van der Waals surface area contributed by atoms with Crippen LogP contribution >= 0.6 is 11.8 Å². The highest BCUT2D eigenvalue weighted by Crippen LogP contribution is 2.51. The highest BCUT2D eigenvalue weighted by Gasteiger charge is 2.71. The van der Waals surface area contributed by atoms with Crippen LogP contribution in [0.25, 0.3) is 0 Å². The summed E-state index contributed by atoms with van der Waals surface area (Å²) in [6.45, 7) is 5.95. The van der Waals surface area contributed by atoms with Gasteiger partial charge in [-0.1, -0.05) is 18.2 Å². The molecule has 3 amide bonds. The van der Waals surface area contributed by atoms with E-state index in [9.17, 15) is 37.2 Å². The summed E-state index contributed by atoms with van der Waals surface area (Å²) in [5.41, 5.74) is 0. The van der Waals surface area contributed by atoms with Crippen LogP contribution in [0.1, 0.15) is 41.0 Å². The molecule has 5 rings (SSSR count). The number of sulfone groups is 1. The van der Waals surface area contributed by atoms with E-state index in [4.69, 9.17) is 18.9 Å². The van der Waals surface area contributed by atoms with Crippen LogP contribution in [0.5, 0.6) is 5.75 Å². The Bertz CT molecular complexity index is 1550. The number of β-lactam (4-membered cyclic amide) rings is 2. The molecular weight excluding hydrogens is 634 g/mol. The molecule has 45 heavy (non-hydrogen) atoms. The molecule has 1 N–H and O–H groups in total. The van der Waals surface area contributed by atoms with Gasteiger partial charge in [-0.15, -0.1) is 11.8 Å². The van der Waals surface area contributed by atoms with Crippen LogP contribution in [-0.2, 0) is 52.8 Å². The first-order chi connectivity index (χ1) is 21.0. The molecule has 1 aromatic rings. The minimum Gasteiger partial charge on any atom is -0.484 e. The van der Waals surface area contributed by atoms with E-state index in [0.29, 0.717) is 5.75 Å². The fourth-order valence-corrected chi connectivity index (χ4v) is 9.87. The first-order valence-electron chi connectivity index (χ1n) is 14.1. The largest absolute Gasteiger partial charge is 0.484 e. The van der Waals surface area contributed by atoms with Crippen molar-refractivity contribution in [2.75, 3.05) is 13.2 Å². The number of carbonyl (C=O) groups is 6. The molecule has 1 unspecified atom stereocenters. The van der Waals surface area contributed by atoms with Gasteiger partial charge in [0.05, 0.1) is 6.42 Å². The van der Waals surface area contributed by atoms with E-state index in [2.05, 4.69) is 5.32 Å². The fraction of sp³-hybridized carbons (Fsp3) is 0.571. The van der Waals surface area contributed by atoms with E-state index in [1.165, 1.54) is 30.5 Å². The predicted octanol–water partition coefficient (Wildman–Crippen LogP) is -0.278. The number of amides is 3. The Morgan fingerprint density at radius 2 is 1.64 bits per heavy atom. The smallest absolute Gasteiger partial charge is 0.333 e. The highest BCUT2D eigenvalue weighted by atomic mass is 32.2. The van der Waals surface area contributed by atoms with Gasteiger partial charge in [0, 0.05) is 18.6 Å². The topological polar surface area (TPSA) is 192 Å². The Kier molecular flexibility index (Phi) is 8.31. The van der Waals surface area contributed by atoms with E-state index < -0.39 is 96.7 Å². The molecule has 0 saturated carbocycles. The van der Waals surface area contributed by atoms with Gasteiger partial charge in [0.15, 0.2) is 22.5 Å². The summed E-state index contributed by atoms with van der Waals surface area (Å²) in [7, 11) is -4.15. The molecule has 17 heteroatoms. The van der Waals surface area contributed by atoms with Gasteiger partial charge in [0.1, 0.15) is 39.9 Å². The second-order valence-electron chi connectivity index (χ2n) is 11.8. The molecule has 7 atom stereocenters. The third-order valence-electron chi connectivity index (χ3n) is 8.26. The number of thioether (sulfide) groups is 1. The minimum absolute atomic E-state index is 0.311. The number of hydrogen-bond acceptors (Lipinski definition) is 13. The number of fused-ring (bicyclic) bond motifs is 2. The van der Waals surface area contributed by atoms with Gasteiger partial charge < -0.3 is 34.1 Å². The van der Waals surface area contributed by atoms with Gasteiger partial charge in [0.2, 0.25) is 18.1 Å². The maximum Gasteiger partial charge on any atom is 0.333 e. The lowest BCUT2D eigenvalue weighted by atomic mass is 9.96. The number of esters is 3. The maximum atomic E-state index is 13.3. The minimum atomic E-state index is -4.15. The number of nitrogens with one attached hydrogen (secondary N) is 1. The Morgan fingerprint density at radius 1 is 1.02 bits per heavy atom. The second kappa shape index (κ2) is 11.5. The third-order valence-corrected chi connectivity index (χ3v) is 12.6. The average Bonchev–Trinajstić information content (AvgIpc) is 3.29. The normalized spacial score (nSPS) is 31.0. The monoisotopic (exact) mass is 667 g/mol. The molecule has 4 aliphatic rings. The van der Waals surface area contributed by atoms with E-state index in [-0.39, 0.29) is 13.0 Å². The van der Waals surface area contributed by atoms with Crippen LogP contribution < -0.4 is 10.1 Å². The highest BCUT2D eigenvalue weighted by molar-refractivity contribution is 8.01. The van der Waals surface area contributed by atoms with Crippen LogP contribution in [0.3, 0.4) is 0 Å². The summed E-state index contributed by atoms with van der Waals surface area (Å²) in [6.07, 6.45) is -1.87. The van der Waals surface area contributed by atoms with Crippen molar-refractivity contribution in [3.8, 4) is 5.75 Å². The zero-order valence-electron chi connectivity index (χ0n) is 25.1. The van der Waals surface area contributed by atoms with Crippen LogP contribution in [0.15, 0.2) is 30.3 Å². The molecule has 4 aliphatic heterocycles. The molecule has 0 aromatic heterocycles. The molecule has 0 aliphatic carbocycles. The summed E-state index contributed by atoms with van der Waals surface area (Å²) in [4.78, 5) is 78.2. The standard InChI is InChI=1S/C28H33N3O12S2/c1-14(32)41-13-28(5)22(30-18(34)11-19(30)45(28,38)39)26(37)43-15(2)42-25(36)21-27(3,4)44-24-20(23(35)31(21)24)29-17(33)12-40-16-9-7-6-8-10-16/h6-10,15,19-22,24H,11-13H2,1-5H3,(H,29,33)/t15?,19-,20-,21+,22+,24-,28+/m1/s1. The van der Waals surface area contributed by atoms with Crippen molar-refractivity contribution in [1.82, 2.24) is 15.1 Å². The first-order valence-corrected chi connectivity index (χ1v) is 16.5. The predicted molar refractivity (Wildman–Crippen MR) is 155 cm³/mol. The molecule has 15 nitrogen and oxygen atoms in total. The van der Waals surface area contributed by atoms with Crippen molar-refractivity contribution in [1.29, 1.82) is 0 Å². The van der Waals surface area contributed by atoms with Gasteiger partial charge in [-0.05, 0) is 32.9 Å². The zero-order chi connectivity index (χ0) is 33.1. The summed E-state index contributed by atoms with van der Waals surface area (Å²) in [5, 5.41) is 0.802. The SMILES string of the molecule is CC(=O)OC[C@@]1(C)[C@H](C(=O)OC(C)OC(=O)[C@@H]2N3C(=O)[C@@H](NC(=O)COc4ccccc4)[C@H]3SC2(C)C)N2C(=O)C[C@H]2S1(=O)=O. The van der Waals surface area contributed by atoms with Crippen molar-refractivity contribution < 1.29 is 56.1 Å². The number of nitrogens with zero attached hydrogens (tertiary/aromatic N) is 2. The van der Waals surface area contributed by atoms with E-state index in [0.717, 1.165) is 11.8 Å². The maximum absolute atomic E-state index is 13.3. The van der Waals surface area contributed by atoms with Crippen molar-refractivity contribution in [2.24, 2.45) is 0 Å². The second-order valence-corrected chi connectivity index (χ2v) is 16.2. The number of benzene rings is 1. The molecule has 4 heterocycles. The summed E-state index contributed by atoms with van der Waals surface area (Å²) >= 11 is 1.29. The molecule has 0 radical (unpaired) electrons. The number of para-hydroxylation sites is 1. The number of hydrogen-bond donors (Lipinski definition) is 1. The number of carbonyl (C=O) groups excluding carboxylic acids is 6. The Morgan fingerprint density at radius 3 is 2.24 bits per heavy atom. The van der Waals surface area contributed by atoms with Crippen LogP contribution in [0.2, 0.25) is 0 Å². The lowest BCUT2D eigenvalue weighted by Gasteiger charge is -2.44. The molecule has 0 spiro atoms. The number of ether oxygens (including phenoxy) is 4. The van der Waals surface area contributed by atoms with Crippen molar-refractivity contribution >= 4 is 57.2 Å². The fourth-order valence-electron chi connectivity index (χ4n) is 5.99. The van der Waals surface area contributed by atoms with Gasteiger partial charge in [-0.25, -0.2) is 18.0 Å².